The van der Waals surface area contributed by atoms with Crippen molar-refractivity contribution in [1.82, 2.24) is 24.9 Å². The Bertz CT molecular complexity index is 1060. The van der Waals surface area contributed by atoms with Crippen molar-refractivity contribution in [3.05, 3.63) is 59.6 Å². The van der Waals surface area contributed by atoms with Crippen molar-refractivity contribution in [2.24, 2.45) is 0 Å². The largest absolute Gasteiger partial charge is 0.464 e. The molecule has 0 spiro atoms. The fourth-order valence-corrected chi connectivity index (χ4v) is 3.79. The highest BCUT2D eigenvalue weighted by molar-refractivity contribution is 5.98. The van der Waals surface area contributed by atoms with Crippen LogP contribution in [0.25, 0.3) is 5.69 Å². The zero-order valence-electron chi connectivity index (χ0n) is 17.1. The second-order valence-electron chi connectivity index (χ2n) is 7.36. The lowest BCUT2D eigenvalue weighted by molar-refractivity contribution is 0.0582. The molecule has 3 aromatic rings. The molecule has 3 heterocycles. The summed E-state index contributed by atoms with van der Waals surface area (Å²) in [6.07, 6.45) is 4.76. The van der Waals surface area contributed by atoms with Gasteiger partial charge in [-0.25, -0.2) is 9.78 Å². The number of oxazole rings is 1. The highest BCUT2D eigenvalue weighted by Crippen LogP contribution is 2.32. The summed E-state index contributed by atoms with van der Waals surface area (Å²) in [5.74, 6) is 0.150. The van der Waals surface area contributed by atoms with Crippen LogP contribution in [-0.4, -0.2) is 56.5 Å². The molecule has 0 radical (unpaired) electrons. The molecule has 0 N–H and O–H groups in total. The van der Waals surface area contributed by atoms with Crippen LogP contribution in [0, 0.1) is 6.92 Å². The van der Waals surface area contributed by atoms with Gasteiger partial charge in [-0.05, 0) is 38.8 Å². The first kappa shape index (κ1) is 19.8. The molecule has 30 heavy (non-hydrogen) atoms. The summed E-state index contributed by atoms with van der Waals surface area (Å²) in [7, 11) is 1.31. The van der Waals surface area contributed by atoms with Gasteiger partial charge in [-0.2, -0.15) is 15.0 Å². The molecule has 0 saturated carbocycles. The lowest BCUT2D eigenvalue weighted by Crippen LogP contribution is -2.45. The van der Waals surface area contributed by atoms with Crippen LogP contribution in [0.2, 0.25) is 0 Å². The summed E-state index contributed by atoms with van der Waals surface area (Å²) in [5, 5.41) is 8.32. The van der Waals surface area contributed by atoms with E-state index in [9.17, 15) is 9.59 Å². The van der Waals surface area contributed by atoms with Gasteiger partial charge in [0, 0.05) is 12.6 Å². The normalized spacial score (nSPS) is 19.0. The van der Waals surface area contributed by atoms with Gasteiger partial charge in [0.05, 0.1) is 36.7 Å². The minimum absolute atomic E-state index is 0.0588. The Balaban J connectivity index is 1.61. The third-order valence-electron chi connectivity index (χ3n) is 5.45. The van der Waals surface area contributed by atoms with Gasteiger partial charge in [0.25, 0.3) is 5.91 Å². The van der Waals surface area contributed by atoms with Crippen LogP contribution in [0.15, 0.2) is 41.1 Å². The molecule has 2 unspecified atom stereocenters. The molecule has 9 nitrogen and oxygen atoms in total. The molecule has 1 aromatic carbocycles. The van der Waals surface area contributed by atoms with E-state index >= 15 is 0 Å². The molecule has 2 atom stereocenters. The molecule has 2 aromatic heterocycles. The Morgan fingerprint density at radius 3 is 2.63 bits per heavy atom. The number of benzene rings is 1. The number of amides is 1. The first-order valence-electron chi connectivity index (χ1n) is 9.82. The summed E-state index contributed by atoms with van der Waals surface area (Å²) in [4.78, 5) is 33.0. The maximum Gasteiger partial charge on any atom is 0.360 e. The van der Waals surface area contributed by atoms with E-state index in [4.69, 9.17) is 9.15 Å². The number of hydrogen-bond donors (Lipinski definition) is 0. The van der Waals surface area contributed by atoms with Gasteiger partial charge in [0.15, 0.2) is 11.6 Å². The lowest BCUT2D eigenvalue weighted by Gasteiger charge is -2.37. The van der Waals surface area contributed by atoms with E-state index in [1.807, 2.05) is 30.0 Å². The Labute approximate surface area is 173 Å². The van der Waals surface area contributed by atoms with Crippen molar-refractivity contribution in [3.8, 4) is 5.69 Å². The van der Waals surface area contributed by atoms with E-state index in [1.165, 1.54) is 11.9 Å². The number of aryl methyl sites for hydroxylation is 1. The molecule has 0 aliphatic carbocycles. The standard InChI is InChI=1S/C21H23N5O4/c1-13-8-9-15(19-24-18(14(2)30-19)21(28)29-3)12-25(13)20(27)16-6-4-5-7-17(16)26-22-10-11-23-26/h4-7,10-11,13,15H,8-9,12H2,1-3H3. The van der Waals surface area contributed by atoms with Gasteiger partial charge < -0.3 is 14.1 Å². The molecule has 156 valence electrons. The summed E-state index contributed by atoms with van der Waals surface area (Å²) >= 11 is 0. The Kier molecular flexibility index (Phi) is 5.35. The molecule has 4 rings (SSSR count). The van der Waals surface area contributed by atoms with E-state index in [-0.39, 0.29) is 23.6 Å². The zero-order valence-corrected chi connectivity index (χ0v) is 17.1. The summed E-state index contributed by atoms with van der Waals surface area (Å²) in [6.45, 7) is 4.16. The number of piperidine rings is 1. The van der Waals surface area contributed by atoms with Crippen LogP contribution in [0.5, 0.6) is 0 Å². The number of methoxy groups -OCH3 is 1. The third-order valence-corrected chi connectivity index (χ3v) is 5.45. The number of carbonyl (C=O) groups is 2. The second-order valence-corrected chi connectivity index (χ2v) is 7.36. The van der Waals surface area contributed by atoms with E-state index in [0.29, 0.717) is 29.4 Å². The number of carbonyl (C=O) groups excluding carboxylic acids is 2. The smallest absolute Gasteiger partial charge is 0.360 e. The number of esters is 1. The quantitative estimate of drug-likeness (QED) is 0.610. The Morgan fingerprint density at radius 1 is 1.17 bits per heavy atom. The predicted molar refractivity (Wildman–Crippen MR) is 106 cm³/mol. The highest BCUT2D eigenvalue weighted by Gasteiger charge is 2.34. The first-order chi connectivity index (χ1) is 14.5. The molecule has 0 bridgehead atoms. The number of hydrogen-bond acceptors (Lipinski definition) is 7. The average Bonchev–Trinajstić information content (AvgIpc) is 3.43. The van der Waals surface area contributed by atoms with Crippen LogP contribution >= 0.6 is 0 Å². The van der Waals surface area contributed by atoms with Crippen LogP contribution < -0.4 is 0 Å². The monoisotopic (exact) mass is 409 g/mol. The van der Waals surface area contributed by atoms with Crippen molar-refractivity contribution in [2.75, 3.05) is 13.7 Å². The van der Waals surface area contributed by atoms with Crippen molar-refractivity contribution in [1.29, 1.82) is 0 Å². The second kappa shape index (κ2) is 8.10. The average molecular weight is 409 g/mol. The Hall–Kier alpha value is -3.49. The van der Waals surface area contributed by atoms with E-state index < -0.39 is 5.97 Å². The van der Waals surface area contributed by atoms with Crippen molar-refractivity contribution < 1.29 is 18.7 Å². The number of rotatable bonds is 4. The van der Waals surface area contributed by atoms with Crippen molar-refractivity contribution in [3.63, 3.8) is 0 Å². The molecule has 1 aliphatic rings. The van der Waals surface area contributed by atoms with E-state index in [0.717, 1.165) is 12.8 Å². The molecule has 9 heteroatoms. The predicted octanol–water partition coefficient (Wildman–Crippen LogP) is 2.76. The summed E-state index contributed by atoms with van der Waals surface area (Å²) in [6, 6.07) is 7.33. The summed E-state index contributed by atoms with van der Waals surface area (Å²) in [5.41, 5.74) is 1.33. The number of para-hydroxylation sites is 1. The maximum atomic E-state index is 13.5. The van der Waals surface area contributed by atoms with Gasteiger partial charge in [-0.1, -0.05) is 12.1 Å². The van der Waals surface area contributed by atoms with Crippen LogP contribution in [0.3, 0.4) is 0 Å². The van der Waals surface area contributed by atoms with E-state index in [1.54, 1.807) is 25.4 Å². The highest BCUT2D eigenvalue weighted by atomic mass is 16.5. The van der Waals surface area contributed by atoms with Crippen molar-refractivity contribution in [2.45, 2.75) is 38.6 Å². The molecule has 1 fully saturated rings. The van der Waals surface area contributed by atoms with Crippen LogP contribution in [0.4, 0.5) is 0 Å². The van der Waals surface area contributed by atoms with Gasteiger partial charge in [-0.15, -0.1) is 0 Å². The minimum Gasteiger partial charge on any atom is -0.464 e. The minimum atomic E-state index is -0.528. The van der Waals surface area contributed by atoms with Gasteiger partial charge in [-0.3, -0.25) is 4.79 Å². The fraction of sp³-hybridized carbons (Fsp3) is 0.381. The fourth-order valence-electron chi connectivity index (χ4n) is 3.79. The number of nitrogens with zero attached hydrogens (tertiary/aromatic N) is 5. The molecule has 1 saturated heterocycles. The molecule has 1 amide bonds. The van der Waals surface area contributed by atoms with Gasteiger partial charge in [0.2, 0.25) is 0 Å². The third kappa shape index (κ3) is 3.58. The van der Waals surface area contributed by atoms with Crippen LogP contribution in [-0.2, 0) is 4.74 Å². The number of likely N-dealkylation sites (tertiary alicyclic amines) is 1. The zero-order chi connectivity index (χ0) is 21.3. The van der Waals surface area contributed by atoms with Crippen molar-refractivity contribution >= 4 is 11.9 Å². The lowest BCUT2D eigenvalue weighted by atomic mass is 9.92. The Morgan fingerprint density at radius 2 is 1.90 bits per heavy atom. The van der Waals surface area contributed by atoms with E-state index in [2.05, 4.69) is 15.2 Å². The topological polar surface area (TPSA) is 103 Å². The van der Waals surface area contributed by atoms with Gasteiger partial charge in [0.1, 0.15) is 5.76 Å². The van der Waals surface area contributed by atoms with Crippen LogP contribution in [0.1, 0.15) is 58.2 Å². The maximum absolute atomic E-state index is 13.5. The molecule has 1 aliphatic heterocycles. The van der Waals surface area contributed by atoms with Gasteiger partial charge >= 0.3 is 5.97 Å². The summed E-state index contributed by atoms with van der Waals surface area (Å²) < 4.78 is 10.5. The molecular weight excluding hydrogens is 386 g/mol. The molecular formula is C21H23N5O4. The number of ether oxygens (including phenoxy) is 1. The number of aromatic nitrogens is 4. The SMILES string of the molecule is COC(=O)c1nc(C2CCC(C)N(C(=O)c3ccccc3-n3nccn3)C2)oc1C. The first-order valence-corrected chi connectivity index (χ1v) is 9.82.